The first-order chi connectivity index (χ1) is 8.64. The van der Waals surface area contributed by atoms with Crippen molar-refractivity contribution in [3.63, 3.8) is 0 Å². The lowest BCUT2D eigenvalue weighted by Gasteiger charge is -2.51. The number of ether oxygens (including phenoxy) is 1. The Kier molecular flexibility index (Phi) is 4.68. The van der Waals surface area contributed by atoms with Gasteiger partial charge in [0.15, 0.2) is 0 Å². The topological polar surface area (TPSA) is 38.5 Å². The van der Waals surface area contributed by atoms with Crippen molar-refractivity contribution in [2.75, 3.05) is 33.4 Å². The second kappa shape index (κ2) is 5.89. The zero-order valence-corrected chi connectivity index (χ0v) is 12.3. The zero-order valence-electron chi connectivity index (χ0n) is 12.3. The average molecular weight is 254 g/mol. The monoisotopic (exact) mass is 254 g/mol. The average Bonchev–Trinajstić information content (AvgIpc) is 2.83. The van der Waals surface area contributed by atoms with E-state index in [1.807, 2.05) is 7.11 Å². The van der Waals surface area contributed by atoms with Gasteiger partial charge < -0.3 is 10.5 Å². The third-order valence-corrected chi connectivity index (χ3v) is 5.64. The minimum absolute atomic E-state index is 0.264. The molecule has 18 heavy (non-hydrogen) atoms. The largest absolute Gasteiger partial charge is 0.384 e. The van der Waals surface area contributed by atoms with Crippen LogP contribution in [0.15, 0.2) is 0 Å². The Morgan fingerprint density at radius 3 is 2.78 bits per heavy atom. The highest BCUT2D eigenvalue weighted by Gasteiger charge is 2.46. The lowest BCUT2D eigenvalue weighted by atomic mass is 9.67. The lowest BCUT2D eigenvalue weighted by molar-refractivity contribution is 0.0000909. The van der Waals surface area contributed by atoms with Crippen molar-refractivity contribution in [3.05, 3.63) is 0 Å². The van der Waals surface area contributed by atoms with Crippen LogP contribution in [0.2, 0.25) is 0 Å². The molecule has 1 saturated carbocycles. The third kappa shape index (κ3) is 2.45. The zero-order chi connectivity index (χ0) is 13.2. The smallest absolute Gasteiger partial charge is 0.0503 e. The molecule has 0 aromatic rings. The summed E-state index contributed by atoms with van der Waals surface area (Å²) in [5.74, 6) is 2.24. The standard InChI is InChI=1S/C15H30N2O/c1-12-5-4-7-15(11-16,13(12)2)17-8-6-14(9-17)10-18-3/h12-14H,4-11,16H2,1-3H3. The third-order valence-electron chi connectivity index (χ3n) is 5.64. The van der Waals surface area contributed by atoms with E-state index in [0.717, 1.165) is 25.0 Å². The summed E-state index contributed by atoms with van der Waals surface area (Å²) in [6.07, 6.45) is 5.28. The Hall–Kier alpha value is -0.120. The number of hydrogen-bond acceptors (Lipinski definition) is 3. The van der Waals surface area contributed by atoms with Gasteiger partial charge in [0.25, 0.3) is 0 Å². The summed E-state index contributed by atoms with van der Waals surface area (Å²) in [5.41, 5.74) is 6.48. The molecule has 1 aliphatic heterocycles. The molecule has 4 atom stereocenters. The highest BCUT2D eigenvalue weighted by molar-refractivity contribution is 5.02. The van der Waals surface area contributed by atoms with Crippen molar-refractivity contribution in [1.29, 1.82) is 0 Å². The van der Waals surface area contributed by atoms with E-state index < -0.39 is 0 Å². The van der Waals surface area contributed by atoms with E-state index in [1.165, 1.54) is 38.8 Å². The molecule has 1 heterocycles. The highest BCUT2D eigenvalue weighted by atomic mass is 16.5. The summed E-state index contributed by atoms with van der Waals surface area (Å²) in [5, 5.41) is 0. The number of hydrogen-bond donors (Lipinski definition) is 1. The molecule has 0 radical (unpaired) electrons. The van der Waals surface area contributed by atoms with Gasteiger partial charge in [-0.25, -0.2) is 0 Å². The molecule has 0 aromatic heterocycles. The van der Waals surface area contributed by atoms with Crippen LogP contribution in [0.25, 0.3) is 0 Å². The van der Waals surface area contributed by atoms with Gasteiger partial charge >= 0.3 is 0 Å². The maximum Gasteiger partial charge on any atom is 0.0503 e. The Balaban J connectivity index is 2.08. The number of methoxy groups -OCH3 is 1. The fourth-order valence-corrected chi connectivity index (χ4v) is 4.21. The van der Waals surface area contributed by atoms with Crippen molar-refractivity contribution in [3.8, 4) is 0 Å². The van der Waals surface area contributed by atoms with Gasteiger partial charge in [-0.2, -0.15) is 0 Å². The van der Waals surface area contributed by atoms with Gasteiger partial charge in [0.05, 0.1) is 6.61 Å². The van der Waals surface area contributed by atoms with E-state index in [2.05, 4.69) is 18.7 Å². The molecule has 1 aliphatic carbocycles. The van der Waals surface area contributed by atoms with Crippen molar-refractivity contribution >= 4 is 0 Å². The van der Waals surface area contributed by atoms with Gasteiger partial charge in [0, 0.05) is 25.7 Å². The summed E-state index contributed by atoms with van der Waals surface area (Å²) < 4.78 is 5.32. The number of likely N-dealkylation sites (tertiary alicyclic amines) is 1. The first kappa shape index (κ1) is 14.3. The highest BCUT2D eigenvalue weighted by Crippen LogP contribution is 2.43. The molecule has 0 aromatic carbocycles. The molecule has 0 spiro atoms. The van der Waals surface area contributed by atoms with E-state index in [9.17, 15) is 0 Å². The first-order valence-corrected chi connectivity index (χ1v) is 7.58. The number of nitrogens with two attached hydrogens (primary N) is 1. The predicted molar refractivity (Wildman–Crippen MR) is 75.5 cm³/mol. The molecular weight excluding hydrogens is 224 g/mol. The van der Waals surface area contributed by atoms with Crippen LogP contribution in [-0.4, -0.2) is 43.8 Å². The van der Waals surface area contributed by atoms with Crippen molar-refractivity contribution in [1.82, 2.24) is 4.90 Å². The molecule has 3 nitrogen and oxygen atoms in total. The molecule has 1 saturated heterocycles. The van der Waals surface area contributed by atoms with E-state index in [1.54, 1.807) is 0 Å². The first-order valence-electron chi connectivity index (χ1n) is 7.58. The van der Waals surface area contributed by atoms with Crippen LogP contribution in [-0.2, 0) is 4.74 Å². The Morgan fingerprint density at radius 2 is 2.11 bits per heavy atom. The van der Waals surface area contributed by atoms with Crippen LogP contribution < -0.4 is 5.73 Å². The minimum Gasteiger partial charge on any atom is -0.384 e. The van der Waals surface area contributed by atoms with Crippen LogP contribution >= 0.6 is 0 Å². The van der Waals surface area contributed by atoms with Gasteiger partial charge in [0.2, 0.25) is 0 Å². The Bertz CT molecular complexity index is 271. The van der Waals surface area contributed by atoms with E-state index in [4.69, 9.17) is 10.5 Å². The summed E-state index contributed by atoms with van der Waals surface area (Å²) in [6.45, 7) is 8.93. The van der Waals surface area contributed by atoms with Crippen molar-refractivity contribution < 1.29 is 4.74 Å². The predicted octanol–water partition coefficient (Wildman–Crippen LogP) is 2.11. The molecule has 2 fully saturated rings. The summed E-state index contributed by atoms with van der Waals surface area (Å²) in [7, 11) is 1.81. The second-order valence-corrected chi connectivity index (χ2v) is 6.52. The molecular formula is C15H30N2O. The number of nitrogens with zero attached hydrogens (tertiary/aromatic N) is 1. The number of rotatable bonds is 4. The fraction of sp³-hybridized carbons (Fsp3) is 1.00. The van der Waals surface area contributed by atoms with Crippen LogP contribution in [0.1, 0.15) is 39.5 Å². The van der Waals surface area contributed by atoms with Crippen LogP contribution in [0, 0.1) is 17.8 Å². The molecule has 0 amide bonds. The van der Waals surface area contributed by atoms with Gasteiger partial charge in [-0.15, -0.1) is 0 Å². The van der Waals surface area contributed by atoms with Gasteiger partial charge in [-0.1, -0.05) is 26.7 Å². The molecule has 106 valence electrons. The van der Waals surface area contributed by atoms with Crippen LogP contribution in [0.5, 0.6) is 0 Å². The summed E-state index contributed by atoms with van der Waals surface area (Å²) in [6, 6.07) is 0. The summed E-state index contributed by atoms with van der Waals surface area (Å²) >= 11 is 0. The SMILES string of the molecule is COCC1CCN(C2(CN)CCCC(C)C2C)C1. The fourth-order valence-electron chi connectivity index (χ4n) is 4.21. The summed E-state index contributed by atoms with van der Waals surface area (Å²) in [4.78, 5) is 2.69. The van der Waals surface area contributed by atoms with Gasteiger partial charge in [-0.05, 0) is 37.1 Å². The minimum atomic E-state index is 0.264. The second-order valence-electron chi connectivity index (χ2n) is 6.52. The maximum atomic E-state index is 6.22. The van der Waals surface area contributed by atoms with Crippen molar-refractivity contribution in [2.24, 2.45) is 23.5 Å². The van der Waals surface area contributed by atoms with Crippen molar-refractivity contribution in [2.45, 2.75) is 45.1 Å². The maximum absolute atomic E-state index is 6.22. The van der Waals surface area contributed by atoms with E-state index in [0.29, 0.717) is 5.92 Å². The van der Waals surface area contributed by atoms with Gasteiger partial charge in [-0.3, -0.25) is 4.90 Å². The van der Waals surface area contributed by atoms with E-state index >= 15 is 0 Å². The lowest BCUT2D eigenvalue weighted by Crippen LogP contribution is -2.60. The van der Waals surface area contributed by atoms with Crippen LogP contribution in [0.3, 0.4) is 0 Å². The van der Waals surface area contributed by atoms with Crippen LogP contribution in [0.4, 0.5) is 0 Å². The Morgan fingerprint density at radius 1 is 1.33 bits per heavy atom. The molecule has 4 unspecified atom stereocenters. The van der Waals surface area contributed by atoms with E-state index in [-0.39, 0.29) is 5.54 Å². The molecule has 2 rings (SSSR count). The molecule has 2 aliphatic rings. The normalized spacial score (nSPS) is 42.3. The van der Waals surface area contributed by atoms with Gasteiger partial charge in [0.1, 0.15) is 0 Å². The quantitative estimate of drug-likeness (QED) is 0.835. The molecule has 2 N–H and O–H groups in total. The molecule has 3 heteroatoms. The Labute approximate surface area is 112 Å². The molecule has 0 bridgehead atoms.